The number of carboxylic acid groups (broad SMARTS) is 2. The molecule has 0 heterocycles. The van der Waals surface area contributed by atoms with Crippen LogP contribution in [0.4, 0.5) is 5.69 Å². The molecule has 1 aliphatic rings. The second-order valence-electron chi connectivity index (χ2n) is 8.79. The predicted molar refractivity (Wildman–Crippen MR) is 132 cm³/mol. The number of carbonyl (C=O) groups excluding carboxylic acids is 4. The standard InChI is InChI=1S/C26H27N3O9/c30-15-17(14-22(33)34)28-24(36)26(11-12-26)25(37)29-20(9-10-21(31)32)23(35)27-16-5-4-8-19(13-16)38-18-6-2-1-3-7-18/h1-8,13,15,17,20H,9-12,14H2,(H,27,35)(H,28,36)(H,29,37)(H,31,32)(H,33,34). The molecular weight excluding hydrogens is 498 g/mol. The van der Waals surface area contributed by atoms with Gasteiger partial charge in [-0.15, -0.1) is 0 Å². The van der Waals surface area contributed by atoms with Crippen LogP contribution in [0.5, 0.6) is 11.5 Å². The van der Waals surface area contributed by atoms with E-state index in [4.69, 9.17) is 14.9 Å². The van der Waals surface area contributed by atoms with Gasteiger partial charge in [0, 0.05) is 18.2 Å². The van der Waals surface area contributed by atoms with Crippen LogP contribution < -0.4 is 20.7 Å². The summed E-state index contributed by atoms with van der Waals surface area (Å²) in [7, 11) is 0. The smallest absolute Gasteiger partial charge is 0.305 e. The maximum absolute atomic E-state index is 13.0. The number of carbonyl (C=O) groups is 6. The third kappa shape index (κ3) is 7.63. The Bertz CT molecular complexity index is 1210. The Kier molecular flexibility index (Phi) is 9.14. The number of rotatable bonds is 14. The molecular formula is C26H27N3O9. The fraction of sp³-hybridized carbons (Fsp3) is 0.308. The van der Waals surface area contributed by atoms with Crippen LogP contribution in [0.15, 0.2) is 54.6 Å². The molecule has 5 N–H and O–H groups in total. The second kappa shape index (κ2) is 12.5. The Labute approximate surface area is 217 Å². The molecule has 2 aromatic rings. The summed E-state index contributed by atoms with van der Waals surface area (Å²) >= 11 is 0. The highest BCUT2D eigenvalue weighted by Gasteiger charge is 2.57. The molecule has 200 valence electrons. The number of aliphatic carboxylic acids is 2. The summed E-state index contributed by atoms with van der Waals surface area (Å²) in [6, 6.07) is 12.8. The van der Waals surface area contributed by atoms with E-state index in [-0.39, 0.29) is 25.5 Å². The average Bonchev–Trinajstić information content (AvgIpc) is 3.69. The van der Waals surface area contributed by atoms with Crippen LogP contribution in [0.25, 0.3) is 0 Å². The highest BCUT2D eigenvalue weighted by atomic mass is 16.5. The zero-order chi connectivity index (χ0) is 27.7. The summed E-state index contributed by atoms with van der Waals surface area (Å²) in [5.41, 5.74) is -1.25. The summed E-state index contributed by atoms with van der Waals surface area (Å²) < 4.78 is 5.74. The van der Waals surface area contributed by atoms with Gasteiger partial charge in [-0.3, -0.25) is 24.0 Å². The molecule has 3 amide bonds. The molecule has 0 radical (unpaired) electrons. The Balaban J connectivity index is 1.69. The van der Waals surface area contributed by atoms with Crippen molar-refractivity contribution in [2.45, 2.75) is 44.2 Å². The topological polar surface area (TPSA) is 188 Å². The highest BCUT2D eigenvalue weighted by molar-refractivity contribution is 6.10. The first-order chi connectivity index (χ1) is 18.1. The first-order valence-corrected chi connectivity index (χ1v) is 11.8. The maximum atomic E-state index is 13.0. The monoisotopic (exact) mass is 525 g/mol. The number of benzene rings is 2. The van der Waals surface area contributed by atoms with Gasteiger partial charge in [-0.2, -0.15) is 0 Å². The fourth-order valence-corrected chi connectivity index (χ4v) is 3.63. The van der Waals surface area contributed by atoms with E-state index >= 15 is 0 Å². The van der Waals surface area contributed by atoms with Crippen molar-refractivity contribution in [3.8, 4) is 11.5 Å². The molecule has 38 heavy (non-hydrogen) atoms. The van der Waals surface area contributed by atoms with Gasteiger partial charge in [0.1, 0.15) is 29.2 Å². The first-order valence-electron chi connectivity index (χ1n) is 11.8. The van der Waals surface area contributed by atoms with Gasteiger partial charge in [-0.1, -0.05) is 24.3 Å². The van der Waals surface area contributed by atoms with Gasteiger partial charge in [-0.05, 0) is 43.5 Å². The molecule has 2 aromatic carbocycles. The molecule has 12 nitrogen and oxygen atoms in total. The molecule has 0 bridgehead atoms. The van der Waals surface area contributed by atoms with Gasteiger partial charge >= 0.3 is 11.9 Å². The number of hydrogen-bond donors (Lipinski definition) is 5. The summed E-state index contributed by atoms with van der Waals surface area (Å²) in [5.74, 6) is -3.84. The number of ether oxygens (including phenoxy) is 1. The van der Waals surface area contributed by atoms with Crippen LogP contribution in [0, 0.1) is 5.41 Å². The largest absolute Gasteiger partial charge is 0.481 e. The van der Waals surface area contributed by atoms with Gasteiger partial charge in [-0.25, -0.2) is 0 Å². The first kappa shape index (κ1) is 27.8. The Morgan fingerprint density at radius 2 is 1.55 bits per heavy atom. The minimum absolute atomic E-state index is 0.120. The van der Waals surface area contributed by atoms with E-state index in [0.29, 0.717) is 17.2 Å². The average molecular weight is 526 g/mol. The van der Waals surface area contributed by atoms with Crippen molar-refractivity contribution in [1.29, 1.82) is 0 Å². The van der Waals surface area contributed by atoms with Crippen LogP contribution in [0.1, 0.15) is 32.1 Å². The van der Waals surface area contributed by atoms with Crippen molar-refractivity contribution >= 4 is 41.6 Å². The zero-order valence-electron chi connectivity index (χ0n) is 20.2. The third-order valence-electron chi connectivity index (χ3n) is 5.84. The quantitative estimate of drug-likeness (QED) is 0.181. The second-order valence-corrected chi connectivity index (χ2v) is 8.79. The summed E-state index contributed by atoms with van der Waals surface area (Å²) in [6.07, 6.45) is -0.825. The van der Waals surface area contributed by atoms with E-state index in [9.17, 15) is 28.8 Å². The zero-order valence-corrected chi connectivity index (χ0v) is 20.2. The number of carboxylic acids is 2. The normalized spacial score (nSPS) is 14.7. The minimum atomic E-state index is -1.58. The lowest BCUT2D eigenvalue weighted by Gasteiger charge is -2.22. The van der Waals surface area contributed by atoms with E-state index < -0.39 is 60.0 Å². The third-order valence-corrected chi connectivity index (χ3v) is 5.84. The number of anilines is 1. The van der Waals surface area contributed by atoms with Crippen molar-refractivity contribution in [3.05, 3.63) is 54.6 Å². The molecule has 0 aromatic heterocycles. The van der Waals surface area contributed by atoms with Gasteiger partial charge < -0.3 is 35.7 Å². The Hall–Kier alpha value is -4.74. The molecule has 2 atom stereocenters. The number of amides is 3. The van der Waals surface area contributed by atoms with E-state index in [2.05, 4.69) is 16.0 Å². The Morgan fingerprint density at radius 1 is 0.895 bits per heavy atom. The molecule has 0 spiro atoms. The van der Waals surface area contributed by atoms with Gasteiger partial charge in [0.15, 0.2) is 0 Å². The lowest BCUT2D eigenvalue weighted by Crippen LogP contribution is -2.52. The fourth-order valence-electron chi connectivity index (χ4n) is 3.63. The van der Waals surface area contributed by atoms with E-state index in [1.165, 1.54) is 0 Å². The molecule has 2 unspecified atom stereocenters. The van der Waals surface area contributed by atoms with Gasteiger partial charge in [0.05, 0.1) is 12.5 Å². The van der Waals surface area contributed by atoms with Gasteiger partial charge in [0.2, 0.25) is 17.7 Å². The van der Waals surface area contributed by atoms with Crippen LogP contribution >= 0.6 is 0 Å². The van der Waals surface area contributed by atoms with E-state index in [0.717, 1.165) is 0 Å². The predicted octanol–water partition coefficient (Wildman–Crippen LogP) is 1.71. The van der Waals surface area contributed by atoms with Crippen LogP contribution in [-0.2, 0) is 28.8 Å². The Morgan fingerprint density at radius 3 is 2.16 bits per heavy atom. The molecule has 1 fully saturated rings. The van der Waals surface area contributed by atoms with Crippen LogP contribution in [-0.4, -0.2) is 58.2 Å². The number of nitrogens with one attached hydrogen (secondary N) is 3. The minimum Gasteiger partial charge on any atom is -0.481 e. The van der Waals surface area contributed by atoms with Crippen molar-refractivity contribution in [3.63, 3.8) is 0 Å². The molecule has 0 aliphatic heterocycles. The van der Waals surface area contributed by atoms with Crippen molar-refractivity contribution in [1.82, 2.24) is 10.6 Å². The van der Waals surface area contributed by atoms with E-state index in [1.807, 2.05) is 6.07 Å². The van der Waals surface area contributed by atoms with Crippen molar-refractivity contribution in [2.75, 3.05) is 5.32 Å². The SMILES string of the molecule is O=CC(CC(=O)O)NC(=O)C1(C(=O)NC(CCC(=O)O)C(=O)Nc2cccc(Oc3ccccc3)c2)CC1. The van der Waals surface area contributed by atoms with Crippen LogP contribution in [0.2, 0.25) is 0 Å². The molecule has 12 heteroatoms. The highest BCUT2D eigenvalue weighted by Crippen LogP contribution is 2.46. The van der Waals surface area contributed by atoms with Crippen molar-refractivity contribution < 1.29 is 43.7 Å². The lowest BCUT2D eigenvalue weighted by molar-refractivity contribution is -0.142. The van der Waals surface area contributed by atoms with Crippen LogP contribution in [0.3, 0.4) is 0 Å². The van der Waals surface area contributed by atoms with Crippen molar-refractivity contribution in [2.24, 2.45) is 5.41 Å². The number of aldehydes is 1. The van der Waals surface area contributed by atoms with Gasteiger partial charge in [0.25, 0.3) is 0 Å². The number of para-hydroxylation sites is 1. The summed E-state index contributed by atoms with van der Waals surface area (Å²) in [6.45, 7) is 0. The number of hydrogen-bond acceptors (Lipinski definition) is 7. The molecule has 0 saturated heterocycles. The summed E-state index contributed by atoms with van der Waals surface area (Å²) in [5, 5.41) is 25.3. The molecule has 1 saturated carbocycles. The lowest BCUT2D eigenvalue weighted by atomic mass is 10.0. The molecule has 1 aliphatic carbocycles. The van der Waals surface area contributed by atoms with E-state index in [1.54, 1.807) is 48.5 Å². The molecule has 3 rings (SSSR count). The summed E-state index contributed by atoms with van der Waals surface area (Å²) in [4.78, 5) is 71.8. The maximum Gasteiger partial charge on any atom is 0.305 e.